The number of carbonyl (C=O) groups excluding carboxylic acids is 1. The highest BCUT2D eigenvalue weighted by atomic mass is 16.5. The lowest BCUT2D eigenvalue weighted by atomic mass is 9.70. The van der Waals surface area contributed by atoms with Crippen molar-refractivity contribution in [2.45, 2.75) is 71.4 Å². The van der Waals surface area contributed by atoms with E-state index in [-0.39, 0.29) is 11.3 Å². The highest BCUT2D eigenvalue weighted by Crippen LogP contribution is 2.42. The molecule has 152 valence electrons. The van der Waals surface area contributed by atoms with Gasteiger partial charge in [-0.1, -0.05) is 13.3 Å². The van der Waals surface area contributed by atoms with Crippen LogP contribution >= 0.6 is 0 Å². The van der Waals surface area contributed by atoms with Crippen molar-refractivity contribution < 1.29 is 14.3 Å². The van der Waals surface area contributed by atoms with Crippen LogP contribution in [-0.4, -0.2) is 50.2 Å². The largest absolute Gasteiger partial charge is 0.493 e. The van der Waals surface area contributed by atoms with Crippen LogP contribution in [0.15, 0.2) is 12.1 Å². The summed E-state index contributed by atoms with van der Waals surface area (Å²) in [6.45, 7) is 12.9. The van der Waals surface area contributed by atoms with E-state index in [0.29, 0.717) is 35.7 Å². The summed E-state index contributed by atoms with van der Waals surface area (Å²) < 4.78 is 11.0. The minimum atomic E-state index is -0.0838. The monoisotopic (exact) mass is 376 g/mol. The molecule has 1 heterocycles. The Morgan fingerprint density at radius 1 is 1.07 bits per heavy atom. The lowest BCUT2D eigenvalue weighted by molar-refractivity contribution is 0.0905. The van der Waals surface area contributed by atoms with Crippen LogP contribution in [0.1, 0.15) is 69.8 Å². The van der Waals surface area contributed by atoms with E-state index in [0.717, 1.165) is 31.4 Å². The van der Waals surface area contributed by atoms with Crippen molar-refractivity contribution in [3.05, 3.63) is 23.3 Å². The molecule has 0 saturated carbocycles. The Labute approximate surface area is 164 Å². The highest BCUT2D eigenvalue weighted by Gasteiger charge is 2.40. The summed E-state index contributed by atoms with van der Waals surface area (Å²) in [7, 11) is 3.25. The molecule has 0 radical (unpaired) electrons. The number of rotatable bonds is 9. The first-order valence-electron chi connectivity index (χ1n) is 10.1. The van der Waals surface area contributed by atoms with Crippen LogP contribution in [0, 0.1) is 0 Å². The molecule has 0 saturated heterocycles. The molecule has 1 aromatic rings. The molecule has 1 aliphatic rings. The van der Waals surface area contributed by atoms with Crippen molar-refractivity contribution in [2.24, 2.45) is 0 Å². The molecule has 2 rings (SSSR count). The second-order valence-electron chi connectivity index (χ2n) is 8.14. The topological polar surface area (TPSA) is 50.8 Å². The van der Waals surface area contributed by atoms with Crippen LogP contribution in [0.3, 0.4) is 0 Å². The van der Waals surface area contributed by atoms with E-state index in [4.69, 9.17) is 9.47 Å². The van der Waals surface area contributed by atoms with Gasteiger partial charge in [-0.2, -0.15) is 0 Å². The normalized spacial score (nSPS) is 19.4. The molecule has 1 atom stereocenters. The number of ether oxygens (including phenoxy) is 2. The average Bonchev–Trinajstić information content (AvgIpc) is 2.63. The van der Waals surface area contributed by atoms with E-state index >= 15 is 0 Å². The standard InChI is InChI=1S/C22H36N2O3/c1-8-9-22(10-11-24(15(2)3)16(4)5)14-23-21(25)17-12-19(26-6)20(27-7)13-18(17)22/h12-13,15-16H,8-11,14H2,1-7H3,(H,23,25). The van der Waals surface area contributed by atoms with Crippen molar-refractivity contribution in [1.29, 1.82) is 0 Å². The number of benzene rings is 1. The fraction of sp³-hybridized carbons (Fsp3) is 0.682. The summed E-state index contributed by atoms with van der Waals surface area (Å²) in [6.07, 6.45) is 3.09. The van der Waals surface area contributed by atoms with E-state index in [2.05, 4.69) is 44.8 Å². The highest BCUT2D eigenvalue weighted by molar-refractivity contribution is 5.98. The number of hydrogen-bond acceptors (Lipinski definition) is 4. The Kier molecular flexibility index (Phi) is 7.15. The van der Waals surface area contributed by atoms with Crippen LogP contribution in [0.25, 0.3) is 0 Å². The molecule has 1 unspecified atom stereocenters. The van der Waals surface area contributed by atoms with Gasteiger partial charge < -0.3 is 14.8 Å². The Morgan fingerprint density at radius 2 is 1.67 bits per heavy atom. The van der Waals surface area contributed by atoms with Crippen LogP contribution in [0.2, 0.25) is 0 Å². The first kappa shape index (κ1) is 21.5. The number of fused-ring (bicyclic) bond motifs is 1. The van der Waals surface area contributed by atoms with Gasteiger partial charge in [-0.25, -0.2) is 0 Å². The molecule has 1 amide bonds. The third kappa shape index (κ3) is 4.40. The summed E-state index contributed by atoms with van der Waals surface area (Å²) in [4.78, 5) is 15.1. The summed E-state index contributed by atoms with van der Waals surface area (Å²) in [5, 5.41) is 3.13. The van der Waals surface area contributed by atoms with Crippen molar-refractivity contribution in [1.82, 2.24) is 10.2 Å². The maximum Gasteiger partial charge on any atom is 0.251 e. The van der Waals surface area contributed by atoms with Gasteiger partial charge in [-0.3, -0.25) is 9.69 Å². The van der Waals surface area contributed by atoms with E-state index in [1.165, 1.54) is 0 Å². The Hall–Kier alpha value is -1.75. The lowest BCUT2D eigenvalue weighted by Crippen LogP contribution is -2.49. The Balaban J connectivity index is 2.48. The van der Waals surface area contributed by atoms with Gasteiger partial charge in [0.1, 0.15) is 0 Å². The maximum absolute atomic E-state index is 12.6. The quantitative estimate of drug-likeness (QED) is 0.708. The molecule has 1 N–H and O–H groups in total. The van der Waals surface area contributed by atoms with Crippen molar-refractivity contribution in [2.75, 3.05) is 27.3 Å². The van der Waals surface area contributed by atoms with Crippen molar-refractivity contribution in [3.8, 4) is 11.5 Å². The minimum absolute atomic E-state index is 0.0257. The first-order valence-corrected chi connectivity index (χ1v) is 10.1. The van der Waals surface area contributed by atoms with Crippen LogP contribution in [-0.2, 0) is 5.41 Å². The van der Waals surface area contributed by atoms with Gasteiger partial charge in [0.15, 0.2) is 11.5 Å². The third-order valence-corrected chi connectivity index (χ3v) is 5.83. The smallest absolute Gasteiger partial charge is 0.251 e. The fourth-order valence-electron chi connectivity index (χ4n) is 4.45. The predicted molar refractivity (Wildman–Crippen MR) is 110 cm³/mol. The van der Waals surface area contributed by atoms with E-state index < -0.39 is 0 Å². The van der Waals surface area contributed by atoms with E-state index in [9.17, 15) is 4.79 Å². The average molecular weight is 377 g/mol. The number of carbonyl (C=O) groups is 1. The molecule has 27 heavy (non-hydrogen) atoms. The molecule has 0 aliphatic carbocycles. The maximum atomic E-state index is 12.6. The summed E-state index contributed by atoms with van der Waals surface area (Å²) in [5.74, 6) is 1.27. The van der Waals surface area contributed by atoms with Gasteiger partial charge >= 0.3 is 0 Å². The Bertz CT molecular complexity index is 649. The SMILES string of the molecule is CCCC1(CCN(C(C)C)C(C)C)CNC(=O)c2cc(OC)c(OC)cc21. The number of nitrogens with zero attached hydrogens (tertiary/aromatic N) is 1. The number of nitrogens with one attached hydrogen (secondary N) is 1. The van der Waals surface area contributed by atoms with Crippen molar-refractivity contribution in [3.63, 3.8) is 0 Å². The molecule has 1 aliphatic heterocycles. The lowest BCUT2D eigenvalue weighted by Gasteiger charge is -2.42. The fourth-order valence-corrected chi connectivity index (χ4v) is 4.45. The summed E-state index contributed by atoms with van der Waals surface area (Å²) in [5.41, 5.74) is 1.73. The zero-order valence-electron chi connectivity index (χ0n) is 18.0. The number of amides is 1. The second kappa shape index (κ2) is 8.96. The zero-order valence-corrected chi connectivity index (χ0v) is 18.0. The van der Waals surface area contributed by atoms with E-state index in [1.54, 1.807) is 14.2 Å². The minimum Gasteiger partial charge on any atom is -0.493 e. The molecule has 0 aromatic heterocycles. The van der Waals surface area contributed by atoms with Gasteiger partial charge in [-0.15, -0.1) is 0 Å². The predicted octanol–water partition coefficient (Wildman–Crippen LogP) is 3.99. The zero-order chi connectivity index (χ0) is 20.2. The van der Waals surface area contributed by atoms with Crippen LogP contribution < -0.4 is 14.8 Å². The Morgan fingerprint density at radius 3 is 2.19 bits per heavy atom. The molecule has 0 fully saturated rings. The molecule has 0 spiro atoms. The summed E-state index contributed by atoms with van der Waals surface area (Å²) in [6, 6.07) is 4.84. The van der Waals surface area contributed by atoms with Gasteiger partial charge in [0.2, 0.25) is 0 Å². The van der Waals surface area contributed by atoms with Gasteiger partial charge in [-0.05, 0) is 64.8 Å². The summed E-state index contributed by atoms with van der Waals surface area (Å²) >= 11 is 0. The number of hydrogen-bond donors (Lipinski definition) is 1. The molecular weight excluding hydrogens is 340 g/mol. The third-order valence-electron chi connectivity index (χ3n) is 5.83. The van der Waals surface area contributed by atoms with Crippen LogP contribution in [0.4, 0.5) is 0 Å². The second-order valence-corrected chi connectivity index (χ2v) is 8.14. The van der Waals surface area contributed by atoms with E-state index in [1.807, 2.05) is 12.1 Å². The molecule has 1 aromatic carbocycles. The molecule has 0 bridgehead atoms. The molecule has 5 nitrogen and oxygen atoms in total. The molecule has 5 heteroatoms. The van der Waals surface area contributed by atoms with Crippen molar-refractivity contribution >= 4 is 5.91 Å². The molecular formula is C22H36N2O3. The first-order chi connectivity index (χ1) is 12.8. The number of methoxy groups -OCH3 is 2. The van der Waals surface area contributed by atoms with Crippen LogP contribution in [0.5, 0.6) is 11.5 Å². The van der Waals surface area contributed by atoms with Gasteiger partial charge in [0.05, 0.1) is 14.2 Å². The van der Waals surface area contributed by atoms with Gasteiger partial charge in [0.25, 0.3) is 5.91 Å². The van der Waals surface area contributed by atoms with Gasteiger partial charge in [0, 0.05) is 29.6 Å².